The van der Waals surface area contributed by atoms with Crippen molar-refractivity contribution in [3.05, 3.63) is 89.8 Å². The Hall–Kier alpha value is -2.66. The van der Waals surface area contributed by atoms with Crippen molar-refractivity contribution in [2.24, 2.45) is 0 Å². The molecule has 3 aromatic rings. The van der Waals surface area contributed by atoms with Gasteiger partial charge in [-0.2, -0.15) is 5.10 Å². The van der Waals surface area contributed by atoms with Gasteiger partial charge in [0.2, 0.25) is 0 Å². The number of nitrogens with zero attached hydrogens (tertiary/aromatic N) is 3. The first-order valence-corrected chi connectivity index (χ1v) is 11.6. The molecule has 10 heteroatoms. The van der Waals surface area contributed by atoms with Gasteiger partial charge in [0, 0.05) is 16.9 Å². The van der Waals surface area contributed by atoms with E-state index >= 15 is 0 Å². The van der Waals surface area contributed by atoms with Gasteiger partial charge >= 0.3 is 0 Å². The van der Waals surface area contributed by atoms with E-state index in [9.17, 15) is 18.3 Å². The lowest BCUT2D eigenvalue weighted by molar-refractivity contribution is -0.146. The largest absolute Gasteiger partial charge is 0.382 e. The maximum atomic E-state index is 14.7. The zero-order valence-electron chi connectivity index (χ0n) is 18.4. The Morgan fingerprint density at radius 2 is 1.85 bits per heavy atom. The van der Waals surface area contributed by atoms with Gasteiger partial charge in [0.15, 0.2) is 6.29 Å². The number of halogens is 3. The van der Waals surface area contributed by atoms with Gasteiger partial charge in [-0.05, 0) is 29.8 Å². The van der Waals surface area contributed by atoms with E-state index in [4.69, 9.17) is 9.47 Å². The summed E-state index contributed by atoms with van der Waals surface area (Å²) in [6.07, 6.45) is 5.72. The molecule has 0 spiro atoms. The third-order valence-corrected chi connectivity index (χ3v) is 7.00. The van der Waals surface area contributed by atoms with Crippen LogP contribution in [0.25, 0.3) is 6.08 Å². The molecule has 0 bridgehead atoms. The molecular formula is C24H24F3N3O3S. The maximum absolute atomic E-state index is 14.7. The van der Waals surface area contributed by atoms with Crippen LogP contribution < -0.4 is 0 Å². The fourth-order valence-electron chi connectivity index (χ4n) is 3.69. The van der Waals surface area contributed by atoms with Crippen LogP contribution in [0.4, 0.5) is 13.2 Å². The van der Waals surface area contributed by atoms with Crippen LogP contribution in [-0.2, 0) is 21.6 Å². The van der Waals surface area contributed by atoms with Gasteiger partial charge in [0.05, 0.1) is 25.0 Å². The van der Waals surface area contributed by atoms with Gasteiger partial charge in [-0.25, -0.2) is 22.8 Å². The van der Waals surface area contributed by atoms with Gasteiger partial charge in [-0.15, -0.1) is 11.8 Å². The van der Waals surface area contributed by atoms with E-state index in [0.29, 0.717) is 13.2 Å². The Morgan fingerprint density at radius 3 is 2.50 bits per heavy atom. The van der Waals surface area contributed by atoms with Gasteiger partial charge in [0.1, 0.15) is 35.7 Å². The Bertz CT molecular complexity index is 1110. The summed E-state index contributed by atoms with van der Waals surface area (Å²) in [5, 5.41) is 15.0. The highest BCUT2D eigenvalue weighted by Gasteiger charge is 2.41. The van der Waals surface area contributed by atoms with Crippen molar-refractivity contribution in [2.45, 2.75) is 35.9 Å². The normalized spacial score (nSPS) is 21.4. The quantitative estimate of drug-likeness (QED) is 0.511. The van der Waals surface area contributed by atoms with E-state index in [1.54, 1.807) is 31.2 Å². The van der Waals surface area contributed by atoms with Crippen molar-refractivity contribution in [1.29, 1.82) is 0 Å². The molecule has 2 atom stereocenters. The molecule has 1 aromatic heterocycles. The van der Waals surface area contributed by atoms with Crippen molar-refractivity contribution in [2.75, 3.05) is 13.2 Å². The molecule has 0 saturated carbocycles. The minimum Gasteiger partial charge on any atom is -0.382 e. The number of rotatable bonds is 8. The Balaban J connectivity index is 1.41. The minimum atomic E-state index is -1.70. The van der Waals surface area contributed by atoms with Crippen LogP contribution in [0.15, 0.2) is 61.2 Å². The molecule has 180 valence electrons. The topological polar surface area (TPSA) is 69.4 Å². The van der Waals surface area contributed by atoms with Crippen LogP contribution in [0.3, 0.4) is 0 Å². The van der Waals surface area contributed by atoms with E-state index in [2.05, 4.69) is 10.1 Å². The van der Waals surface area contributed by atoms with Gasteiger partial charge in [-0.1, -0.05) is 31.2 Å². The molecule has 1 fully saturated rings. The molecule has 4 rings (SSSR count). The molecular weight excluding hydrogens is 467 g/mol. The molecule has 0 amide bonds. The molecule has 1 N–H and O–H groups in total. The van der Waals surface area contributed by atoms with E-state index in [1.807, 2.05) is 0 Å². The van der Waals surface area contributed by atoms with Crippen molar-refractivity contribution < 1.29 is 27.8 Å². The maximum Gasteiger partial charge on any atom is 0.177 e. The predicted octanol–water partition coefficient (Wildman–Crippen LogP) is 4.16. The summed E-state index contributed by atoms with van der Waals surface area (Å²) in [6.45, 7) is 2.39. The van der Waals surface area contributed by atoms with Gasteiger partial charge in [-0.3, -0.25) is 0 Å². The van der Waals surface area contributed by atoms with Gasteiger partial charge < -0.3 is 14.6 Å². The summed E-state index contributed by atoms with van der Waals surface area (Å²) < 4.78 is 54.1. The molecule has 1 aliphatic rings. The first kappa shape index (κ1) is 24.5. The highest BCUT2D eigenvalue weighted by molar-refractivity contribution is 8.00. The molecule has 34 heavy (non-hydrogen) atoms. The Morgan fingerprint density at radius 1 is 1.15 bits per heavy atom. The van der Waals surface area contributed by atoms with E-state index in [-0.39, 0.29) is 23.2 Å². The zero-order valence-corrected chi connectivity index (χ0v) is 19.2. The fourth-order valence-corrected chi connectivity index (χ4v) is 5.01. The lowest BCUT2D eigenvalue weighted by Crippen LogP contribution is -2.43. The highest BCUT2D eigenvalue weighted by atomic mass is 32.2. The molecule has 0 radical (unpaired) electrons. The summed E-state index contributed by atoms with van der Waals surface area (Å²) in [7, 11) is 0. The number of hydrogen-bond donors (Lipinski definition) is 1. The van der Waals surface area contributed by atoms with Crippen molar-refractivity contribution in [1.82, 2.24) is 14.8 Å². The highest BCUT2D eigenvalue weighted by Crippen LogP contribution is 2.38. The number of thioether (sulfide) groups is 1. The first-order chi connectivity index (χ1) is 16.3. The molecule has 1 aliphatic heterocycles. The van der Waals surface area contributed by atoms with Crippen LogP contribution in [0.2, 0.25) is 0 Å². The Kier molecular flexibility index (Phi) is 7.72. The van der Waals surface area contributed by atoms with Gasteiger partial charge in [0.25, 0.3) is 0 Å². The summed E-state index contributed by atoms with van der Waals surface area (Å²) >= 11 is 1.39. The number of hydrogen-bond acceptors (Lipinski definition) is 6. The average molecular weight is 492 g/mol. The SMILES string of the molecule is C[C@@H](SC1COC(/C=C/c2ccc(F)cc2)OC1)[C@](O)(Cn1cncn1)c1ccc(F)cc1F. The number of aliphatic hydroxyl groups is 1. The van der Waals surface area contributed by atoms with Crippen LogP contribution >= 0.6 is 11.8 Å². The third-order valence-electron chi connectivity index (χ3n) is 5.54. The molecule has 0 aliphatic carbocycles. The van der Waals surface area contributed by atoms with Crippen molar-refractivity contribution >= 4 is 17.8 Å². The zero-order chi connectivity index (χ0) is 24.1. The summed E-state index contributed by atoms with van der Waals surface area (Å²) in [4.78, 5) is 3.88. The van der Waals surface area contributed by atoms with Crippen LogP contribution in [-0.4, -0.2) is 49.9 Å². The fraction of sp³-hybridized carbons (Fsp3) is 0.333. The molecule has 0 unspecified atom stereocenters. The van der Waals surface area contributed by atoms with Crippen molar-refractivity contribution in [3.63, 3.8) is 0 Å². The number of benzene rings is 2. The lowest BCUT2D eigenvalue weighted by Gasteiger charge is -2.37. The van der Waals surface area contributed by atoms with E-state index in [1.165, 1.54) is 47.3 Å². The minimum absolute atomic E-state index is 0.0258. The predicted molar refractivity (Wildman–Crippen MR) is 122 cm³/mol. The molecule has 1 saturated heterocycles. The van der Waals surface area contributed by atoms with Crippen LogP contribution in [0, 0.1) is 17.5 Å². The molecule has 2 aromatic carbocycles. The van der Waals surface area contributed by atoms with Crippen LogP contribution in [0.5, 0.6) is 0 Å². The average Bonchev–Trinajstić information content (AvgIpc) is 3.32. The second-order valence-electron chi connectivity index (χ2n) is 7.99. The van der Waals surface area contributed by atoms with Crippen LogP contribution in [0.1, 0.15) is 18.1 Å². The number of aromatic nitrogens is 3. The number of ether oxygens (including phenoxy) is 2. The Labute approximate surface area is 199 Å². The third kappa shape index (κ3) is 5.87. The second-order valence-corrected chi connectivity index (χ2v) is 9.63. The second kappa shape index (κ2) is 10.7. The van der Waals surface area contributed by atoms with E-state index in [0.717, 1.165) is 17.7 Å². The lowest BCUT2D eigenvalue weighted by atomic mass is 9.90. The smallest absolute Gasteiger partial charge is 0.177 e. The standard InChI is InChI=1S/C24H24F3N3O3S/c1-16(24(31,13-30-15-28-14-29-30)21-8-7-19(26)10-22(21)27)34-20-11-32-23(33-12-20)9-4-17-2-5-18(25)6-3-17/h2-10,14-16,20,23,31H,11-13H2,1H3/b9-4+/t16-,20?,23?,24-/m1/s1. The van der Waals surface area contributed by atoms with Crippen molar-refractivity contribution in [3.8, 4) is 0 Å². The first-order valence-electron chi connectivity index (χ1n) is 10.7. The van der Waals surface area contributed by atoms with E-state index < -0.39 is 28.8 Å². The summed E-state index contributed by atoms with van der Waals surface area (Å²) in [5.74, 6) is -1.86. The molecule has 2 heterocycles. The monoisotopic (exact) mass is 491 g/mol. The summed E-state index contributed by atoms with van der Waals surface area (Å²) in [6, 6.07) is 9.18. The summed E-state index contributed by atoms with van der Waals surface area (Å²) in [5.41, 5.74) is -0.907. The molecule has 6 nitrogen and oxygen atoms in total.